The highest BCUT2D eigenvalue weighted by atomic mass is 32.2. The average molecular weight is 260 g/mol. The third-order valence-corrected chi connectivity index (χ3v) is 5.40. The molecule has 2 N–H and O–H groups in total. The Morgan fingerprint density at radius 2 is 2.18 bits per heavy atom. The number of piperidine rings is 1. The second-order valence-electron chi connectivity index (χ2n) is 5.06. The van der Waals surface area contributed by atoms with Gasteiger partial charge in [-0.1, -0.05) is 0 Å². The number of hydrogen-bond acceptors (Lipinski definition) is 4. The Bertz CT molecular complexity index is 374. The molecule has 17 heavy (non-hydrogen) atoms. The first-order valence-corrected chi connectivity index (χ1v) is 8.08. The lowest BCUT2D eigenvalue weighted by Crippen LogP contribution is -2.42. The molecular weight excluding hydrogens is 240 g/mol. The van der Waals surface area contributed by atoms with Crippen LogP contribution < -0.4 is 10.6 Å². The van der Waals surface area contributed by atoms with Crippen molar-refractivity contribution in [2.45, 2.75) is 19.3 Å². The molecule has 0 bridgehead atoms. The van der Waals surface area contributed by atoms with E-state index in [9.17, 15) is 13.2 Å². The molecule has 0 aromatic rings. The number of rotatable bonds is 3. The summed E-state index contributed by atoms with van der Waals surface area (Å²) < 4.78 is 22.5. The Hall–Kier alpha value is -0.620. The summed E-state index contributed by atoms with van der Waals surface area (Å²) in [6, 6.07) is 0. The van der Waals surface area contributed by atoms with Crippen molar-refractivity contribution in [1.82, 2.24) is 10.6 Å². The summed E-state index contributed by atoms with van der Waals surface area (Å²) in [7, 11) is -2.83. The van der Waals surface area contributed by atoms with Crippen LogP contribution in [-0.4, -0.2) is 45.5 Å². The molecule has 2 fully saturated rings. The van der Waals surface area contributed by atoms with Crippen molar-refractivity contribution in [2.75, 3.05) is 31.1 Å². The minimum Gasteiger partial charge on any atom is -0.356 e. The normalized spacial score (nSPS) is 32.2. The lowest BCUT2D eigenvalue weighted by atomic mass is 9.98. The molecule has 2 heterocycles. The second-order valence-corrected chi connectivity index (χ2v) is 7.29. The first-order chi connectivity index (χ1) is 8.07. The highest BCUT2D eigenvalue weighted by molar-refractivity contribution is 7.91. The zero-order valence-electron chi connectivity index (χ0n) is 9.94. The Balaban J connectivity index is 1.73. The second kappa shape index (κ2) is 5.35. The van der Waals surface area contributed by atoms with Crippen molar-refractivity contribution in [2.24, 2.45) is 11.8 Å². The van der Waals surface area contributed by atoms with Crippen LogP contribution in [0, 0.1) is 11.8 Å². The largest absolute Gasteiger partial charge is 0.356 e. The molecule has 2 rings (SSSR count). The van der Waals surface area contributed by atoms with Gasteiger partial charge in [0.05, 0.1) is 17.4 Å². The van der Waals surface area contributed by atoms with Crippen molar-refractivity contribution in [1.29, 1.82) is 0 Å². The van der Waals surface area contributed by atoms with Crippen LogP contribution in [-0.2, 0) is 14.6 Å². The maximum atomic E-state index is 11.8. The minimum atomic E-state index is -2.83. The Labute approximate surface area is 102 Å². The number of amides is 1. The summed E-state index contributed by atoms with van der Waals surface area (Å²) in [4.78, 5) is 11.8. The summed E-state index contributed by atoms with van der Waals surface area (Å²) in [5, 5.41) is 6.09. The van der Waals surface area contributed by atoms with Crippen LogP contribution in [0.4, 0.5) is 0 Å². The van der Waals surface area contributed by atoms with Crippen LogP contribution >= 0.6 is 0 Å². The van der Waals surface area contributed by atoms with Crippen LogP contribution in [0.15, 0.2) is 0 Å². The van der Waals surface area contributed by atoms with Gasteiger partial charge in [0.25, 0.3) is 0 Å². The van der Waals surface area contributed by atoms with Crippen molar-refractivity contribution in [3.63, 3.8) is 0 Å². The lowest BCUT2D eigenvalue weighted by molar-refractivity contribution is -0.125. The molecule has 2 atom stereocenters. The van der Waals surface area contributed by atoms with E-state index in [-0.39, 0.29) is 29.2 Å². The van der Waals surface area contributed by atoms with Crippen LogP contribution in [0.3, 0.4) is 0 Å². The first kappa shape index (κ1) is 12.8. The number of nitrogens with one attached hydrogen (secondary N) is 2. The minimum absolute atomic E-state index is 0.0572. The molecule has 2 aliphatic rings. The predicted octanol–water partition coefficient (Wildman–Crippen LogP) is -0.463. The fourth-order valence-electron chi connectivity index (χ4n) is 2.50. The van der Waals surface area contributed by atoms with Crippen LogP contribution in [0.2, 0.25) is 0 Å². The van der Waals surface area contributed by atoms with Gasteiger partial charge in [-0.25, -0.2) is 8.42 Å². The molecule has 0 saturated carbocycles. The van der Waals surface area contributed by atoms with Gasteiger partial charge >= 0.3 is 0 Å². The van der Waals surface area contributed by atoms with Gasteiger partial charge in [-0.2, -0.15) is 0 Å². The fourth-order valence-corrected chi connectivity index (χ4v) is 4.36. The third-order valence-electron chi connectivity index (χ3n) is 3.56. The maximum absolute atomic E-state index is 11.8. The molecule has 2 saturated heterocycles. The van der Waals surface area contributed by atoms with Crippen LogP contribution in [0.1, 0.15) is 19.3 Å². The van der Waals surface area contributed by atoms with E-state index in [1.165, 1.54) is 0 Å². The smallest absolute Gasteiger partial charge is 0.224 e. The van der Waals surface area contributed by atoms with Gasteiger partial charge in [-0.15, -0.1) is 0 Å². The van der Waals surface area contributed by atoms with E-state index in [4.69, 9.17) is 0 Å². The molecule has 0 spiro atoms. The lowest BCUT2D eigenvalue weighted by Gasteiger charge is -2.22. The van der Waals surface area contributed by atoms with Crippen LogP contribution in [0.5, 0.6) is 0 Å². The summed E-state index contributed by atoms with van der Waals surface area (Å²) >= 11 is 0. The standard InChI is InChI=1S/C11H20N2O3S/c14-11(10-2-1-4-12-7-10)13-6-9-3-5-17(15,16)8-9/h9-10,12H,1-8H2,(H,13,14)/t9?,10-/m0/s1. The number of sulfone groups is 1. The zero-order valence-corrected chi connectivity index (χ0v) is 10.8. The molecule has 6 heteroatoms. The summed E-state index contributed by atoms with van der Waals surface area (Å²) in [5.41, 5.74) is 0. The molecule has 2 aliphatic heterocycles. The molecule has 1 unspecified atom stereocenters. The number of carbonyl (C=O) groups is 1. The molecule has 0 aromatic carbocycles. The van der Waals surface area contributed by atoms with Gasteiger partial charge in [0, 0.05) is 13.1 Å². The van der Waals surface area contributed by atoms with Gasteiger partial charge in [0.1, 0.15) is 0 Å². The van der Waals surface area contributed by atoms with E-state index in [0.717, 1.165) is 25.9 Å². The molecule has 0 aliphatic carbocycles. The van der Waals surface area contributed by atoms with E-state index in [2.05, 4.69) is 10.6 Å². The molecule has 1 amide bonds. The van der Waals surface area contributed by atoms with E-state index in [1.54, 1.807) is 0 Å². The van der Waals surface area contributed by atoms with Gasteiger partial charge in [0.15, 0.2) is 9.84 Å². The van der Waals surface area contributed by atoms with Crippen molar-refractivity contribution < 1.29 is 13.2 Å². The Morgan fingerprint density at radius 3 is 2.76 bits per heavy atom. The fraction of sp³-hybridized carbons (Fsp3) is 0.909. The van der Waals surface area contributed by atoms with E-state index >= 15 is 0 Å². The van der Waals surface area contributed by atoms with E-state index in [0.29, 0.717) is 13.0 Å². The van der Waals surface area contributed by atoms with E-state index in [1.807, 2.05) is 0 Å². The number of hydrogen-bond donors (Lipinski definition) is 2. The average Bonchev–Trinajstić information content (AvgIpc) is 2.67. The van der Waals surface area contributed by atoms with Crippen molar-refractivity contribution in [3.8, 4) is 0 Å². The van der Waals surface area contributed by atoms with Gasteiger partial charge < -0.3 is 10.6 Å². The predicted molar refractivity (Wildman–Crippen MR) is 65.4 cm³/mol. The van der Waals surface area contributed by atoms with E-state index < -0.39 is 9.84 Å². The Morgan fingerprint density at radius 1 is 1.35 bits per heavy atom. The third kappa shape index (κ3) is 3.67. The quantitative estimate of drug-likeness (QED) is 0.720. The van der Waals surface area contributed by atoms with Crippen molar-refractivity contribution >= 4 is 15.7 Å². The molecule has 0 radical (unpaired) electrons. The van der Waals surface area contributed by atoms with Gasteiger partial charge in [0.2, 0.25) is 5.91 Å². The summed E-state index contributed by atoms with van der Waals surface area (Å²) in [6.45, 7) is 2.24. The Kier molecular flexibility index (Phi) is 4.04. The molecule has 98 valence electrons. The highest BCUT2D eigenvalue weighted by Gasteiger charge is 2.29. The summed E-state index contributed by atoms with van der Waals surface area (Å²) in [5.74, 6) is 0.748. The van der Waals surface area contributed by atoms with Crippen molar-refractivity contribution in [3.05, 3.63) is 0 Å². The topological polar surface area (TPSA) is 75.3 Å². The van der Waals surface area contributed by atoms with Gasteiger partial charge in [-0.05, 0) is 31.7 Å². The SMILES string of the molecule is O=C(NCC1CCS(=O)(=O)C1)[C@H]1CCCNC1. The molecule has 0 aromatic heterocycles. The molecule has 5 nitrogen and oxygen atoms in total. The maximum Gasteiger partial charge on any atom is 0.224 e. The number of carbonyl (C=O) groups excluding carboxylic acids is 1. The monoisotopic (exact) mass is 260 g/mol. The zero-order chi connectivity index (χ0) is 12.3. The first-order valence-electron chi connectivity index (χ1n) is 6.26. The molecular formula is C11H20N2O3S. The summed E-state index contributed by atoms with van der Waals surface area (Å²) in [6.07, 6.45) is 2.66. The van der Waals surface area contributed by atoms with Crippen LogP contribution in [0.25, 0.3) is 0 Å². The highest BCUT2D eigenvalue weighted by Crippen LogP contribution is 2.17. The van der Waals surface area contributed by atoms with Gasteiger partial charge in [-0.3, -0.25) is 4.79 Å².